The Morgan fingerprint density at radius 3 is 2.74 bits per heavy atom. The number of carboxylic acids is 1. The first kappa shape index (κ1) is 25.2. The van der Waals surface area contributed by atoms with Crippen LogP contribution in [-0.2, 0) is 20.5 Å². The largest absolute Gasteiger partial charge is 0.481 e. The van der Waals surface area contributed by atoms with Gasteiger partial charge < -0.3 is 25.8 Å². The molecular formula is C20H27ClF3N3O4. The summed E-state index contributed by atoms with van der Waals surface area (Å²) in [7, 11) is 0. The first-order chi connectivity index (χ1) is 14.6. The van der Waals surface area contributed by atoms with Gasteiger partial charge in [0.15, 0.2) is 0 Å². The van der Waals surface area contributed by atoms with Crippen LogP contribution in [0.2, 0.25) is 5.02 Å². The summed E-state index contributed by atoms with van der Waals surface area (Å²) in [5, 5.41) is 18.3. The summed E-state index contributed by atoms with van der Waals surface area (Å²) in [4.78, 5) is 23.7. The maximum absolute atomic E-state index is 13.0. The van der Waals surface area contributed by atoms with Gasteiger partial charge in [-0.05, 0) is 57.5 Å². The van der Waals surface area contributed by atoms with E-state index in [0.717, 1.165) is 12.1 Å². The molecule has 0 aromatic heterocycles. The third-order valence-electron chi connectivity index (χ3n) is 5.01. The van der Waals surface area contributed by atoms with Crippen LogP contribution in [-0.4, -0.2) is 55.4 Å². The van der Waals surface area contributed by atoms with Crippen molar-refractivity contribution < 1.29 is 32.6 Å². The van der Waals surface area contributed by atoms with E-state index in [0.29, 0.717) is 32.5 Å². The average molecular weight is 466 g/mol. The average Bonchev–Trinajstić information content (AvgIpc) is 2.69. The van der Waals surface area contributed by atoms with Gasteiger partial charge in [0.25, 0.3) is 0 Å². The van der Waals surface area contributed by atoms with Gasteiger partial charge in [0, 0.05) is 23.3 Å². The molecule has 1 heterocycles. The van der Waals surface area contributed by atoms with Crippen LogP contribution in [0.15, 0.2) is 18.2 Å². The van der Waals surface area contributed by atoms with Crippen molar-refractivity contribution in [2.45, 2.75) is 44.4 Å². The van der Waals surface area contributed by atoms with E-state index in [-0.39, 0.29) is 29.8 Å². The van der Waals surface area contributed by atoms with Crippen molar-refractivity contribution in [2.24, 2.45) is 5.92 Å². The molecule has 1 fully saturated rings. The zero-order valence-corrected chi connectivity index (χ0v) is 17.9. The van der Waals surface area contributed by atoms with Crippen molar-refractivity contribution in [2.75, 3.05) is 31.6 Å². The number of hydrogen-bond donors (Lipinski definition) is 4. The van der Waals surface area contributed by atoms with Gasteiger partial charge in [0.2, 0.25) is 0 Å². The van der Waals surface area contributed by atoms with Crippen LogP contribution in [0.25, 0.3) is 0 Å². The Kier molecular flexibility index (Phi) is 9.39. The quantitative estimate of drug-likeness (QED) is 0.311. The summed E-state index contributed by atoms with van der Waals surface area (Å²) in [5.74, 6) is -1.93. The lowest BCUT2D eigenvalue weighted by molar-refractivity contribution is -0.144. The predicted molar refractivity (Wildman–Crippen MR) is 110 cm³/mol. The number of aliphatic carboxylic acids is 1. The fraction of sp³-hybridized carbons (Fsp3) is 0.600. The molecule has 3 unspecified atom stereocenters. The van der Waals surface area contributed by atoms with Gasteiger partial charge in [0.1, 0.15) is 6.04 Å². The Bertz CT molecular complexity index is 764. The smallest absolute Gasteiger partial charge is 0.416 e. The minimum atomic E-state index is -4.57. The standard InChI is InChI=1S/C20H27ClF3N3O4/c1-2-31-19(30)16(27-14-9-12(20(22,23)24)8-13(21)10-14)4-3-6-26-17-11-25-7-5-15(17)18(28)29/h8-10,15-17,25-27H,2-7,11H2,1H3,(H,28,29). The Labute approximate surface area is 183 Å². The number of hydrogen-bond acceptors (Lipinski definition) is 6. The van der Waals surface area contributed by atoms with E-state index in [1.54, 1.807) is 6.92 Å². The molecule has 0 amide bonds. The first-order valence-electron chi connectivity index (χ1n) is 10.1. The number of carboxylic acid groups (broad SMARTS) is 1. The van der Waals surface area contributed by atoms with Crippen molar-refractivity contribution in [3.63, 3.8) is 0 Å². The number of rotatable bonds is 10. The summed E-state index contributed by atoms with van der Waals surface area (Å²) in [6.45, 7) is 3.38. The molecule has 1 saturated heterocycles. The number of anilines is 1. The monoisotopic (exact) mass is 465 g/mol. The topological polar surface area (TPSA) is 99.7 Å². The minimum absolute atomic E-state index is 0.0632. The minimum Gasteiger partial charge on any atom is -0.481 e. The van der Waals surface area contributed by atoms with Crippen LogP contribution in [0.5, 0.6) is 0 Å². The van der Waals surface area contributed by atoms with E-state index >= 15 is 0 Å². The maximum atomic E-state index is 13.0. The molecule has 1 aromatic carbocycles. The number of piperidine rings is 1. The Hall–Kier alpha value is -2.04. The molecule has 0 aliphatic carbocycles. The van der Waals surface area contributed by atoms with Crippen LogP contribution < -0.4 is 16.0 Å². The zero-order valence-electron chi connectivity index (χ0n) is 17.1. The number of halogens is 4. The van der Waals surface area contributed by atoms with Crippen molar-refractivity contribution in [1.82, 2.24) is 10.6 Å². The highest BCUT2D eigenvalue weighted by Crippen LogP contribution is 2.33. The number of ether oxygens (including phenoxy) is 1. The van der Waals surface area contributed by atoms with E-state index in [1.807, 2.05) is 0 Å². The van der Waals surface area contributed by atoms with Gasteiger partial charge in [-0.1, -0.05) is 11.6 Å². The van der Waals surface area contributed by atoms with Crippen LogP contribution in [0.1, 0.15) is 31.7 Å². The molecule has 7 nitrogen and oxygen atoms in total. The lowest BCUT2D eigenvalue weighted by atomic mass is 9.92. The van der Waals surface area contributed by atoms with Crippen molar-refractivity contribution >= 4 is 29.2 Å². The van der Waals surface area contributed by atoms with E-state index < -0.39 is 35.6 Å². The number of carbonyl (C=O) groups is 2. The SMILES string of the molecule is CCOC(=O)C(CCCNC1CNCCC1C(=O)O)Nc1cc(Cl)cc(C(F)(F)F)c1. The van der Waals surface area contributed by atoms with Crippen molar-refractivity contribution in [1.29, 1.82) is 0 Å². The van der Waals surface area contributed by atoms with Gasteiger partial charge in [-0.3, -0.25) is 4.79 Å². The van der Waals surface area contributed by atoms with E-state index in [2.05, 4.69) is 16.0 Å². The van der Waals surface area contributed by atoms with Crippen LogP contribution in [0.3, 0.4) is 0 Å². The third kappa shape index (κ3) is 7.86. The summed E-state index contributed by atoms with van der Waals surface area (Å²) in [6.07, 6.45) is -3.29. The van der Waals surface area contributed by atoms with Gasteiger partial charge in [-0.25, -0.2) is 4.79 Å². The molecule has 1 aliphatic rings. The van der Waals surface area contributed by atoms with Gasteiger partial charge in [-0.15, -0.1) is 0 Å². The summed E-state index contributed by atoms with van der Waals surface area (Å²) < 4.78 is 44.2. The summed E-state index contributed by atoms with van der Waals surface area (Å²) in [5.41, 5.74) is -0.857. The molecule has 11 heteroatoms. The van der Waals surface area contributed by atoms with E-state index in [4.69, 9.17) is 16.3 Å². The normalized spacial score (nSPS) is 20.2. The van der Waals surface area contributed by atoms with Crippen molar-refractivity contribution in [3.05, 3.63) is 28.8 Å². The van der Waals surface area contributed by atoms with Gasteiger partial charge >= 0.3 is 18.1 Å². The first-order valence-corrected chi connectivity index (χ1v) is 10.5. The molecule has 174 valence electrons. The fourth-order valence-electron chi connectivity index (χ4n) is 3.49. The molecule has 0 spiro atoms. The van der Waals surface area contributed by atoms with Crippen molar-refractivity contribution in [3.8, 4) is 0 Å². The zero-order chi connectivity index (χ0) is 23.0. The molecule has 0 saturated carbocycles. The van der Waals surface area contributed by atoms with E-state index in [9.17, 15) is 27.9 Å². The highest BCUT2D eigenvalue weighted by molar-refractivity contribution is 6.31. The third-order valence-corrected chi connectivity index (χ3v) is 5.23. The molecular weight excluding hydrogens is 439 g/mol. The Balaban J connectivity index is 1.99. The Morgan fingerprint density at radius 2 is 2.10 bits per heavy atom. The lowest BCUT2D eigenvalue weighted by Crippen LogP contribution is -2.52. The number of nitrogens with one attached hydrogen (secondary N) is 3. The second-order valence-electron chi connectivity index (χ2n) is 7.32. The van der Waals surface area contributed by atoms with Crippen LogP contribution in [0.4, 0.5) is 18.9 Å². The highest BCUT2D eigenvalue weighted by Gasteiger charge is 2.32. The number of benzene rings is 1. The van der Waals surface area contributed by atoms with Gasteiger partial charge in [-0.2, -0.15) is 13.2 Å². The number of esters is 1. The second kappa shape index (κ2) is 11.5. The fourth-order valence-corrected chi connectivity index (χ4v) is 3.73. The highest BCUT2D eigenvalue weighted by atomic mass is 35.5. The molecule has 4 N–H and O–H groups in total. The molecule has 2 rings (SSSR count). The Morgan fingerprint density at radius 1 is 1.35 bits per heavy atom. The number of alkyl halides is 3. The molecule has 0 bridgehead atoms. The summed E-state index contributed by atoms with van der Waals surface area (Å²) in [6, 6.07) is 1.91. The molecule has 31 heavy (non-hydrogen) atoms. The lowest BCUT2D eigenvalue weighted by Gasteiger charge is -2.30. The second-order valence-corrected chi connectivity index (χ2v) is 7.75. The van der Waals surface area contributed by atoms with Crippen LogP contribution in [0, 0.1) is 5.92 Å². The predicted octanol–water partition coefficient (Wildman–Crippen LogP) is 3.13. The maximum Gasteiger partial charge on any atom is 0.416 e. The van der Waals surface area contributed by atoms with Gasteiger partial charge in [0.05, 0.1) is 18.1 Å². The molecule has 0 radical (unpaired) electrons. The summed E-state index contributed by atoms with van der Waals surface area (Å²) >= 11 is 5.81. The molecule has 3 atom stereocenters. The number of carbonyl (C=O) groups excluding carboxylic acids is 1. The van der Waals surface area contributed by atoms with Crippen LogP contribution >= 0.6 is 11.6 Å². The molecule has 1 aliphatic heterocycles. The molecule has 1 aromatic rings. The van der Waals surface area contributed by atoms with E-state index in [1.165, 1.54) is 6.07 Å².